The Labute approximate surface area is 143 Å². The molecule has 0 aliphatic heterocycles. The predicted octanol–water partition coefficient (Wildman–Crippen LogP) is 3.98. The number of rotatable bonds is 6. The van der Waals surface area contributed by atoms with Crippen molar-refractivity contribution in [2.24, 2.45) is 0 Å². The van der Waals surface area contributed by atoms with Crippen molar-refractivity contribution >= 4 is 37.6 Å². The quantitative estimate of drug-likeness (QED) is 0.647. The van der Waals surface area contributed by atoms with Crippen molar-refractivity contribution in [2.45, 2.75) is 11.8 Å². The van der Waals surface area contributed by atoms with Crippen molar-refractivity contribution in [3.8, 4) is 0 Å². The molecule has 0 aliphatic rings. The van der Waals surface area contributed by atoms with Crippen LogP contribution in [0.5, 0.6) is 0 Å². The van der Waals surface area contributed by atoms with Gasteiger partial charge in [0.1, 0.15) is 11.6 Å². The number of hydrogen-bond donors (Lipinski definition) is 0. The van der Waals surface area contributed by atoms with Gasteiger partial charge in [-0.1, -0.05) is 31.9 Å². The molecule has 0 fully saturated rings. The first-order valence-corrected chi connectivity index (χ1v) is 8.69. The summed E-state index contributed by atoms with van der Waals surface area (Å²) in [5, 5.41) is 0.713. The van der Waals surface area contributed by atoms with E-state index in [1.165, 1.54) is 24.3 Å². The number of halogens is 4. The Morgan fingerprint density at radius 1 is 0.909 bits per heavy atom. The van der Waals surface area contributed by atoms with Gasteiger partial charge >= 0.3 is 0 Å². The minimum Gasteiger partial charge on any atom is -0.298 e. The number of carbonyl (C=O) groups is 1. The molecule has 0 aliphatic carbocycles. The maximum Gasteiger partial charge on any atom is 0.152 e. The number of ketones is 1. The smallest absolute Gasteiger partial charge is 0.152 e. The number of Topliss-reactive ketones (excluding diaryl/α,β-unsaturated/α-hetero) is 1. The van der Waals surface area contributed by atoms with Crippen molar-refractivity contribution in [3.05, 3.63) is 59.7 Å². The molecule has 2 atom stereocenters. The van der Waals surface area contributed by atoms with E-state index in [0.29, 0.717) is 22.0 Å². The van der Waals surface area contributed by atoms with E-state index in [1.54, 1.807) is 0 Å². The van der Waals surface area contributed by atoms with Crippen LogP contribution in [0.2, 0.25) is 0 Å². The average molecular weight is 434 g/mol. The molecular weight excluding hydrogens is 422 g/mol. The second-order valence-electron chi connectivity index (χ2n) is 4.62. The number of aromatic nitrogens is 2. The van der Waals surface area contributed by atoms with Crippen molar-refractivity contribution in [1.82, 2.24) is 9.97 Å². The summed E-state index contributed by atoms with van der Waals surface area (Å²) >= 11 is 6.61. The number of hydrogen-bond acceptors (Lipinski definition) is 3. The summed E-state index contributed by atoms with van der Waals surface area (Å²) in [6.45, 7) is 0. The van der Waals surface area contributed by atoms with E-state index in [0.717, 1.165) is 12.4 Å². The van der Waals surface area contributed by atoms with Gasteiger partial charge in [0.15, 0.2) is 5.78 Å². The van der Waals surface area contributed by atoms with Gasteiger partial charge in [-0.15, -0.1) is 0 Å². The minimum atomic E-state index is -0.532. The Hall–Kier alpha value is -1.21. The van der Waals surface area contributed by atoms with Gasteiger partial charge in [-0.2, -0.15) is 0 Å². The van der Waals surface area contributed by atoms with Crippen LogP contribution in [0, 0.1) is 11.6 Å². The highest BCUT2D eigenvalue weighted by Crippen LogP contribution is 2.27. The van der Waals surface area contributed by atoms with Crippen molar-refractivity contribution in [2.75, 3.05) is 10.7 Å². The SMILES string of the molecule is O=C(C(CBr)c1ccc(F)cn1)C(CBr)c1ccc(F)cn1. The fourth-order valence-corrected chi connectivity index (χ4v) is 3.33. The Morgan fingerprint density at radius 3 is 1.59 bits per heavy atom. The molecule has 0 aromatic carbocycles. The molecule has 0 bridgehead atoms. The summed E-state index contributed by atoms with van der Waals surface area (Å²) < 4.78 is 25.9. The lowest BCUT2D eigenvalue weighted by atomic mass is 9.90. The van der Waals surface area contributed by atoms with E-state index >= 15 is 0 Å². The molecule has 0 amide bonds. The van der Waals surface area contributed by atoms with Crippen LogP contribution >= 0.6 is 31.9 Å². The summed E-state index contributed by atoms with van der Waals surface area (Å²) in [7, 11) is 0. The molecule has 116 valence electrons. The molecule has 0 radical (unpaired) electrons. The van der Waals surface area contributed by atoms with Crippen molar-refractivity contribution in [1.29, 1.82) is 0 Å². The molecule has 7 heteroatoms. The molecule has 2 aromatic rings. The number of carbonyl (C=O) groups excluding carboxylic acids is 1. The first kappa shape index (κ1) is 17.1. The standard InChI is InChI=1S/C15H12Br2F2N2O/c16-5-11(13-3-1-9(18)7-20-13)15(22)12(6-17)14-4-2-10(19)8-21-14/h1-4,7-8,11-12H,5-6H2. The Morgan fingerprint density at radius 2 is 1.32 bits per heavy atom. The first-order chi connectivity index (χ1) is 10.6. The molecule has 0 spiro atoms. The lowest BCUT2D eigenvalue weighted by Gasteiger charge is -2.19. The topological polar surface area (TPSA) is 42.9 Å². The van der Waals surface area contributed by atoms with E-state index in [9.17, 15) is 13.6 Å². The van der Waals surface area contributed by atoms with E-state index in [-0.39, 0.29) is 5.78 Å². The molecule has 0 saturated heterocycles. The summed E-state index contributed by atoms with van der Waals surface area (Å²) in [5.41, 5.74) is 0.965. The van der Waals surface area contributed by atoms with Crippen LogP contribution in [-0.4, -0.2) is 26.4 Å². The van der Waals surface area contributed by atoms with Gasteiger partial charge in [-0.25, -0.2) is 8.78 Å². The zero-order valence-electron chi connectivity index (χ0n) is 11.3. The Balaban J connectivity index is 2.29. The molecule has 3 nitrogen and oxygen atoms in total. The molecule has 0 N–H and O–H groups in total. The maximum absolute atomic E-state index is 13.0. The Kier molecular flexibility index (Phi) is 6.14. The first-order valence-electron chi connectivity index (χ1n) is 6.45. The molecule has 2 aromatic heterocycles. The second kappa shape index (κ2) is 7.87. The number of pyridine rings is 2. The summed E-state index contributed by atoms with van der Waals surface area (Å²) in [6.07, 6.45) is 2.16. The summed E-state index contributed by atoms with van der Waals surface area (Å²) in [4.78, 5) is 20.7. The third-order valence-electron chi connectivity index (χ3n) is 3.21. The Bertz CT molecular complexity index is 579. The third kappa shape index (κ3) is 3.95. The molecule has 2 rings (SSSR count). The largest absolute Gasteiger partial charge is 0.298 e. The highest BCUT2D eigenvalue weighted by molar-refractivity contribution is 9.09. The van der Waals surface area contributed by atoms with Gasteiger partial charge < -0.3 is 0 Å². The monoisotopic (exact) mass is 432 g/mol. The molecular formula is C15H12Br2F2N2O. The highest BCUT2D eigenvalue weighted by atomic mass is 79.9. The number of nitrogens with zero attached hydrogens (tertiary/aromatic N) is 2. The van der Waals surface area contributed by atoms with Crippen LogP contribution < -0.4 is 0 Å². The zero-order chi connectivity index (χ0) is 16.1. The second-order valence-corrected chi connectivity index (χ2v) is 5.91. The van der Waals surface area contributed by atoms with E-state index in [4.69, 9.17) is 0 Å². The van der Waals surface area contributed by atoms with Crippen molar-refractivity contribution in [3.63, 3.8) is 0 Å². The molecule has 2 heterocycles. The van der Waals surface area contributed by atoms with Crippen LogP contribution in [0.1, 0.15) is 23.2 Å². The van der Waals surface area contributed by atoms with Crippen LogP contribution in [0.4, 0.5) is 8.78 Å². The van der Waals surface area contributed by atoms with Gasteiger partial charge in [0.2, 0.25) is 0 Å². The van der Waals surface area contributed by atoms with Crippen molar-refractivity contribution < 1.29 is 13.6 Å². The lowest BCUT2D eigenvalue weighted by molar-refractivity contribution is -0.121. The van der Waals surface area contributed by atoms with E-state index < -0.39 is 23.5 Å². The highest BCUT2D eigenvalue weighted by Gasteiger charge is 2.29. The minimum absolute atomic E-state index is 0.119. The normalized spacial score (nSPS) is 13.6. The third-order valence-corrected chi connectivity index (χ3v) is 4.51. The maximum atomic E-state index is 13.0. The fourth-order valence-electron chi connectivity index (χ4n) is 2.03. The summed E-state index contributed by atoms with van der Waals surface area (Å²) in [5.74, 6) is -2.10. The predicted molar refractivity (Wildman–Crippen MR) is 86.5 cm³/mol. The summed E-state index contributed by atoms with van der Waals surface area (Å²) in [6, 6.07) is 5.51. The lowest BCUT2D eigenvalue weighted by Crippen LogP contribution is -2.24. The van der Waals surface area contributed by atoms with Gasteiger partial charge in [-0.3, -0.25) is 14.8 Å². The van der Waals surface area contributed by atoms with Gasteiger partial charge in [0.05, 0.1) is 35.6 Å². The van der Waals surface area contributed by atoms with Crippen LogP contribution in [0.15, 0.2) is 36.7 Å². The zero-order valence-corrected chi connectivity index (χ0v) is 14.5. The van der Waals surface area contributed by atoms with Gasteiger partial charge in [0.25, 0.3) is 0 Å². The van der Waals surface area contributed by atoms with Crippen LogP contribution in [0.25, 0.3) is 0 Å². The van der Waals surface area contributed by atoms with E-state index in [2.05, 4.69) is 41.8 Å². The number of alkyl halides is 2. The van der Waals surface area contributed by atoms with Crippen LogP contribution in [0.3, 0.4) is 0 Å². The molecule has 22 heavy (non-hydrogen) atoms. The fraction of sp³-hybridized carbons (Fsp3) is 0.267. The van der Waals surface area contributed by atoms with Gasteiger partial charge in [-0.05, 0) is 24.3 Å². The molecule has 0 saturated carbocycles. The van der Waals surface area contributed by atoms with Gasteiger partial charge in [0, 0.05) is 10.7 Å². The molecule has 2 unspecified atom stereocenters. The van der Waals surface area contributed by atoms with E-state index in [1.807, 2.05) is 0 Å². The van der Waals surface area contributed by atoms with Crippen LogP contribution in [-0.2, 0) is 4.79 Å². The average Bonchev–Trinajstić information content (AvgIpc) is 2.52.